The summed E-state index contributed by atoms with van der Waals surface area (Å²) < 4.78 is 12.4. The molecule has 0 aliphatic heterocycles. The number of fused-ring (bicyclic) bond motifs is 6. The number of hydrogen-bond donors (Lipinski definition) is 0. The Morgan fingerprint density at radius 2 is 0.786 bits per heavy atom. The van der Waals surface area contributed by atoms with E-state index in [1.165, 1.54) is 0 Å². The van der Waals surface area contributed by atoms with Crippen LogP contribution in [-0.4, -0.2) is 15.0 Å². The lowest BCUT2D eigenvalue weighted by Gasteiger charge is -2.13. The maximum absolute atomic E-state index is 6.21. The Hall–Kier alpha value is -7.63. The van der Waals surface area contributed by atoms with E-state index in [4.69, 9.17) is 18.8 Å². The van der Waals surface area contributed by atoms with E-state index in [0.717, 1.165) is 105 Å². The second kappa shape index (κ2) is 13.0. The van der Waals surface area contributed by atoms with Crippen LogP contribution < -0.4 is 0 Å². The minimum absolute atomic E-state index is 0.636. The normalized spacial score (nSPS) is 11.6. The molecular weight excluding hydrogens is 687 g/mol. The van der Waals surface area contributed by atoms with Crippen LogP contribution in [0.3, 0.4) is 0 Å². The van der Waals surface area contributed by atoms with Crippen LogP contribution >= 0.6 is 0 Å². The Balaban J connectivity index is 1.13. The first kappa shape index (κ1) is 31.9. The van der Waals surface area contributed by atoms with E-state index in [1.807, 2.05) is 66.9 Å². The van der Waals surface area contributed by atoms with Crippen molar-refractivity contribution in [1.29, 1.82) is 0 Å². The van der Waals surface area contributed by atoms with Gasteiger partial charge in [0.15, 0.2) is 5.82 Å². The first-order valence-electron chi connectivity index (χ1n) is 18.7. The largest absolute Gasteiger partial charge is 0.456 e. The van der Waals surface area contributed by atoms with Gasteiger partial charge in [0.2, 0.25) is 0 Å². The lowest BCUT2D eigenvalue weighted by Crippen LogP contribution is -1.97. The molecule has 11 rings (SSSR count). The summed E-state index contributed by atoms with van der Waals surface area (Å²) in [6.07, 6.45) is 1.82. The van der Waals surface area contributed by atoms with Gasteiger partial charge in [-0.25, -0.2) is 9.97 Å². The van der Waals surface area contributed by atoms with Gasteiger partial charge in [0.05, 0.1) is 17.1 Å². The second-order valence-corrected chi connectivity index (χ2v) is 14.0. The summed E-state index contributed by atoms with van der Waals surface area (Å²) >= 11 is 0. The molecule has 0 atom stereocenters. The van der Waals surface area contributed by atoms with Gasteiger partial charge in [-0.3, -0.25) is 4.98 Å². The van der Waals surface area contributed by atoms with Crippen molar-refractivity contribution in [2.24, 2.45) is 0 Å². The Labute approximate surface area is 322 Å². The van der Waals surface area contributed by atoms with Gasteiger partial charge in [0.1, 0.15) is 22.3 Å². The van der Waals surface area contributed by atoms with Gasteiger partial charge in [0, 0.05) is 50.0 Å². The van der Waals surface area contributed by atoms with E-state index in [9.17, 15) is 0 Å². The fourth-order valence-corrected chi connectivity index (χ4v) is 7.75. The number of rotatable bonds is 6. The van der Waals surface area contributed by atoms with Crippen LogP contribution in [0.15, 0.2) is 197 Å². The van der Waals surface area contributed by atoms with Gasteiger partial charge in [-0.2, -0.15) is 0 Å². The highest BCUT2D eigenvalue weighted by atomic mass is 16.3. The van der Waals surface area contributed by atoms with Crippen LogP contribution in [0.4, 0.5) is 0 Å². The molecule has 0 radical (unpaired) electrons. The van der Waals surface area contributed by atoms with E-state index >= 15 is 0 Å². The summed E-state index contributed by atoms with van der Waals surface area (Å²) in [6, 6.07) is 62.7. The molecule has 5 heteroatoms. The van der Waals surface area contributed by atoms with Crippen molar-refractivity contribution in [2.45, 2.75) is 0 Å². The Morgan fingerprint density at radius 3 is 1.41 bits per heavy atom. The van der Waals surface area contributed by atoms with Crippen LogP contribution in [0.25, 0.3) is 111 Å². The van der Waals surface area contributed by atoms with E-state index in [0.29, 0.717) is 5.82 Å². The highest BCUT2D eigenvalue weighted by Gasteiger charge is 2.17. The third-order valence-corrected chi connectivity index (χ3v) is 10.5. The third kappa shape index (κ3) is 5.62. The summed E-state index contributed by atoms with van der Waals surface area (Å²) in [4.78, 5) is 15.2. The summed E-state index contributed by atoms with van der Waals surface area (Å²) in [5, 5.41) is 4.34. The number of pyridine rings is 1. The molecule has 0 amide bonds. The van der Waals surface area contributed by atoms with Crippen LogP contribution in [0, 0.1) is 0 Å². The minimum Gasteiger partial charge on any atom is -0.456 e. The van der Waals surface area contributed by atoms with E-state index in [-0.39, 0.29) is 0 Å². The predicted molar refractivity (Wildman–Crippen MR) is 227 cm³/mol. The highest BCUT2D eigenvalue weighted by molar-refractivity contribution is 6.07. The molecule has 0 saturated heterocycles. The van der Waals surface area contributed by atoms with Crippen LogP contribution in [-0.2, 0) is 0 Å². The monoisotopic (exact) mass is 717 g/mol. The fraction of sp³-hybridized carbons (Fsp3) is 0. The van der Waals surface area contributed by atoms with Gasteiger partial charge >= 0.3 is 0 Å². The zero-order valence-corrected chi connectivity index (χ0v) is 30.1. The van der Waals surface area contributed by atoms with Gasteiger partial charge in [-0.1, -0.05) is 103 Å². The lowest BCUT2D eigenvalue weighted by molar-refractivity contribution is 0.668. The standard InChI is InChI=1S/C51H31N3O2/c1-2-11-32(12-3-1)45-31-46(36-14-10-13-35(25-36)44-17-8-9-24-52-44)54-51(53-45)39-27-37(33-20-22-49-42(29-33)40-15-4-6-18-47(40)55-49)26-38(28-39)34-21-23-50-43(30-34)41-16-5-7-19-48(41)56-50/h1-31H. The molecule has 11 aromatic rings. The van der Waals surface area contributed by atoms with Gasteiger partial charge in [-0.05, 0) is 101 Å². The van der Waals surface area contributed by atoms with Gasteiger partial charge in [-0.15, -0.1) is 0 Å². The maximum atomic E-state index is 6.21. The molecule has 0 unspecified atom stereocenters. The van der Waals surface area contributed by atoms with Crippen molar-refractivity contribution in [3.63, 3.8) is 0 Å². The van der Waals surface area contributed by atoms with Crippen molar-refractivity contribution in [2.75, 3.05) is 0 Å². The lowest BCUT2D eigenvalue weighted by atomic mass is 9.94. The van der Waals surface area contributed by atoms with Crippen molar-refractivity contribution in [3.8, 4) is 67.4 Å². The molecule has 56 heavy (non-hydrogen) atoms. The van der Waals surface area contributed by atoms with E-state index in [2.05, 4.69) is 126 Å². The number of para-hydroxylation sites is 2. The molecular formula is C51H31N3O2. The summed E-state index contributed by atoms with van der Waals surface area (Å²) in [6.45, 7) is 0. The molecule has 7 aromatic carbocycles. The van der Waals surface area contributed by atoms with Crippen molar-refractivity contribution >= 4 is 43.9 Å². The van der Waals surface area contributed by atoms with Gasteiger partial charge < -0.3 is 8.83 Å². The first-order chi connectivity index (χ1) is 27.7. The molecule has 262 valence electrons. The number of hydrogen-bond acceptors (Lipinski definition) is 5. The van der Waals surface area contributed by atoms with Crippen LogP contribution in [0.2, 0.25) is 0 Å². The number of aromatic nitrogens is 3. The fourth-order valence-electron chi connectivity index (χ4n) is 7.75. The zero-order chi connectivity index (χ0) is 37.0. The third-order valence-electron chi connectivity index (χ3n) is 10.5. The minimum atomic E-state index is 0.636. The zero-order valence-electron chi connectivity index (χ0n) is 30.1. The molecule has 5 nitrogen and oxygen atoms in total. The smallest absolute Gasteiger partial charge is 0.160 e. The molecule has 0 N–H and O–H groups in total. The van der Waals surface area contributed by atoms with E-state index in [1.54, 1.807) is 0 Å². The molecule has 0 bridgehead atoms. The SMILES string of the molecule is c1ccc(-c2cc(-c3cccc(-c4ccccn4)c3)nc(-c3cc(-c4ccc5oc6ccccc6c5c4)cc(-c4ccc5oc6ccccc6c5c4)c3)n2)cc1. The molecule has 4 heterocycles. The van der Waals surface area contributed by atoms with Crippen molar-refractivity contribution in [3.05, 3.63) is 188 Å². The van der Waals surface area contributed by atoms with Crippen molar-refractivity contribution in [1.82, 2.24) is 15.0 Å². The summed E-state index contributed by atoms with van der Waals surface area (Å²) in [5.41, 5.74) is 14.2. The topological polar surface area (TPSA) is 65.0 Å². The van der Waals surface area contributed by atoms with Crippen LogP contribution in [0.5, 0.6) is 0 Å². The Bertz CT molecular complexity index is 3120. The Morgan fingerprint density at radius 1 is 0.286 bits per heavy atom. The van der Waals surface area contributed by atoms with Gasteiger partial charge in [0.25, 0.3) is 0 Å². The second-order valence-electron chi connectivity index (χ2n) is 14.0. The number of furan rings is 2. The Kier molecular flexibility index (Phi) is 7.42. The van der Waals surface area contributed by atoms with E-state index < -0.39 is 0 Å². The number of nitrogens with zero attached hydrogens (tertiary/aromatic N) is 3. The molecule has 0 aliphatic carbocycles. The van der Waals surface area contributed by atoms with Crippen LogP contribution in [0.1, 0.15) is 0 Å². The molecule has 0 aliphatic rings. The van der Waals surface area contributed by atoms with Crippen molar-refractivity contribution < 1.29 is 8.83 Å². The highest BCUT2D eigenvalue weighted by Crippen LogP contribution is 2.39. The first-order valence-corrected chi connectivity index (χ1v) is 18.7. The average molecular weight is 718 g/mol. The molecule has 0 saturated carbocycles. The quantitative estimate of drug-likeness (QED) is 0.171. The maximum Gasteiger partial charge on any atom is 0.160 e. The summed E-state index contributed by atoms with van der Waals surface area (Å²) in [7, 11) is 0. The predicted octanol–water partition coefficient (Wildman–Crippen LogP) is 13.7. The molecule has 0 spiro atoms. The molecule has 0 fully saturated rings. The molecule has 4 aromatic heterocycles. The summed E-state index contributed by atoms with van der Waals surface area (Å²) in [5.74, 6) is 0.636. The average Bonchev–Trinajstić information content (AvgIpc) is 3.84. The number of benzene rings is 7.